The van der Waals surface area contributed by atoms with E-state index in [9.17, 15) is 27.6 Å². The second kappa shape index (κ2) is 8.24. The van der Waals surface area contributed by atoms with Crippen LogP contribution in [0.4, 0.5) is 29.1 Å². The molecule has 1 amide bonds. The highest BCUT2D eigenvalue weighted by Crippen LogP contribution is 2.34. The van der Waals surface area contributed by atoms with Crippen molar-refractivity contribution in [1.82, 2.24) is 34.7 Å². The van der Waals surface area contributed by atoms with Gasteiger partial charge in [0.1, 0.15) is 11.6 Å². The van der Waals surface area contributed by atoms with Crippen LogP contribution in [-0.2, 0) is 6.18 Å². The van der Waals surface area contributed by atoms with E-state index in [-0.39, 0.29) is 22.6 Å². The van der Waals surface area contributed by atoms with Gasteiger partial charge in [0.15, 0.2) is 29.0 Å². The van der Waals surface area contributed by atoms with Crippen LogP contribution in [0.3, 0.4) is 0 Å². The fraction of sp³-hybridized carbons (Fsp3) is 0.105. The zero-order chi connectivity index (χ0) is 24.6. The fourth-order valence-corrected chi connectivity index (χ4v) is 3.04. The summed E-state index contributed by atoms with van der Waals surface area (Å²) < 4.78 is 55.8. The molecule has 172 valence electrons. The molecule has 0 saturated heterocycles. The molecular weight excluding hydrogens is 460 g/mol. The molecular formula is C19H12F4N10O. The number of carbonyl (C=O) groups is 1. The lowest BCUT2D eigenvalue weighted by molar-refractivity contribution is -0.143. The topological polar surface area (TPSA) is 153 Å². The van der Waals surface area contributed by atoms with Gasteiger partial charge in [0.25, 0.3) is 5.91 Å². The van der Waals surface area contributed by atoms with E-state index in [1.165, 1.54) is 25.4 Å². The number of anilines is 2. The minimum Gasteiger partial charge on any atom is -0.381 e. The molecule has 0 aliphatic carbocycles. The van der Waals surface area contributed by atoms with Gasteiger partial charge in [0.05, 0.1) is 36.0 Å². The number of nitrogens with two attached hydrogens (primary N) is 1. The van der Waals surface area contributed by atoms with Crippen molar-refractivity contribution in [3.63, 3.8) is 0 Å². The van der Waals surface area contributed by atoms with Crippen molar-refractivity contribution in [2.75, 3.05) is 11.1 Å². The van der Waals surface area contributed by atoms with Crippen LogP contribution in [0.5, 0.6) is 0 Å². The van der Waals surface area contributed by atoms with E-state index in [0.717, 1.165) is 17.1 Å². The van der Waals surface area contributed by atoms with Crippen molar-refractivity contribution in [3.8, 4) is 17.7 Å². The summed E-state index contributed by atoms with van der Waals surface area (Å²) in [5.41, 5.74) is 3.03. The van der Waals surface area contributed by atoms with Crippen LogP contribution in [-0.4, -0.2) is 40.6 Å². The molecule has 0 unspecified atom stereocenters. The Labute approximate surface area is 187 Å². The normalized spacial score (nSPS) is 11.3. The predicted molar refractivity (Wildman–Crippen MR) is 107 cm³/mol. The standard InChI is InChI=1S/C19H12F4N10O/c1-9-4-13(20)15(25)31-16(9)32-14(19(21,22)23)12(8-29-32)18(34)30-11-5-10(6-24)17(26-7-11)33-27-2-3-28-33/h2-5,7-8H,1H3,(H2,25,31)(H,30,34). The number of aryl methyl sites for hydroxylation is 1. The Balaban J connectivity index is 1.73. The maximum atomic E-state index is 13.9. The van der Waals surface area contributed by atoms with Crippen LogP contribution in [0.2, 0.25) is 0 Å². The van der Waals surface area contributed by atoms with Gasteiger partial charge in [-0.05, 0) is 24.6 Å². The average molecular weight is 472 g/mol. The van der Waals surface area contributed by atoms with Gasteiger partial charge in [0, 0.05) is 0 Å². The maximum Gasteiger partial charge on any atom is 0.434 e. The number of amides is 1. The zero-order valence-corrected chi connectivity index (χ0v) is 17.0. The first kappa shape index (κ1) is 22.3. The number of nitrogens with zero attached hydrogens (tertiary/aromatic N) is 8. The molecule has 4 heterocycles. The number of halogens is 4. The van der Waals surface area contributed by atoms with Gasteiger partial charge >= 0.3 is 6.18 Å². The number of alkyl halides is 3. The summed E-state index contributed by atoms with van der Waals surface area (Å²) in [6.45, 7) is 1.32. The molecule has 0 spiro atoms. The van der Waals surface area contributed by atoms with Crippen molar-refractivity contribution in [3.05, 3.63) is 65.1 Å². The highest BCUT2D eigenvalue weighted by molar-refractivity contribution is 6.05. The highest BCUT2D eigenvalue weighted by Gasteiger charge is 2.41. The number of nitriles is 1. The summed E-state index contributed by atoms with van der Waals surface area (Å²) in [6, 6.07) is 3.96. The van der Waals surface area contributed by atoms with Gasteiger partial charge in [0.2, 0.25) is 0 Å². The Hall–Kier alpha value is -4.87. The van der Waals surface area contributed by atoms with Crippen LogP contribution in [0.25, 0.3) is 11.6 Å². The molecule has 4 aromatic rings. The number of carbonyl (C=O) groups excluding carboxylic acids is 1. The van der Waals surface area contributed by atoms with Crippen LogP contribution in [0, 0.1) is 24.1 Å². The van der Waals surface area contributed by atoms with Crippen LogP contribution < -0.4 is 11.1 Å². The maximum absolute atomic E-state index is 13.9. The summed E-state index contributed by atoms with van der Waals surface area (Å²) in [4.78, 5) is 21.4. The van der Waals surface area contributed by atoms with E-state index < -0.39 is 40.8 Å². The molecule has 0 fully saturated rings. The van der Waals surface area contributed by atoms with Crippen LogP contribution in [0.1, 0.15) is 27.2 Å². The molecule has 0 radical (unpaired) electrons. The van der Waals surface area contributed by atoms with Crippen molar-refractivity contribution < 1.29 is 22.4 Å². The number of aromatic nitrogens is 7. The Kier molecular flexibility index (Phi) is 5.41. The molecule has 34 heavy (non-hydrogen) atoms. The highest BCUT2D eigenvalue weighted by atomic mass is 19.4. The summed E-state index contributed by atoms with van der Waals surface area (Å²) in [5, 5.41) is 23.0. The Morgan fingerprint density at radius 3 is 2.50 bits per heavy atom. The van der Waals surface area contributed by atoms with Crippen molar-refractivity contribution >= 4 is 17.4 Å². The minimum absolute atomic E-state index is 0.0120. The van der Waals surface area contributed by atoms with E-state index >= 15 is 0 Å². The van der Waals surface area contributed by atoms with Crippen molar-refractivity contribution in [2.45, 2.75) is 13.1 Å². The number of hydrogen-bond acceptors (Lipinski definition) is 8. The van der Waals surface area contributed by atoms with E-state index in [1.807, 2.05) is 6.07 Å². The molecule has 15 heteroatoms. The van der Waals surface area contributed by atoms with Gasteiger partial charge in [-0.1, -0.05) is 0 Å². The van der Waals surface area contributed by atoms with E-state index in [2.05, 4.69) is 30.6 Å². The molecule has 3 N–H and O–H groups in total. The van der Waals surface area contributed by atoms with Gasteiger partial charge < -0.3 is 11.1 Å². The summed E-state index contributed by atoms with van der Waals surface area (Å²) in [5.74, 6) is -3.05. The number of hydrogen-bond donors (Lipinski definition) is 2. The monoisotopic (exact) mass is 472 g/mol. The first-order valence-electron chi connectivity index (χ1n) is 9.26. The van der Waals surface area contributed by atoms with Crippen molar-refractivity contribution in [2.24, 2.45) is 0 Å². The largest absolute Gasteiger partial charge is 0.434 e. The van der Waals surface area contributed by atoms with Crippen LogP contribution >= 0.6 is 0 Å². The molecule has 0 aliphatic heterocycles. The van der Waals surface area contributed by atoms with Crippen molar-refractivity contribution in [1.29, 1.82) is 5.26 Å². The Morgan fingerprint density at radius 2 is 1.85 bits per heavy atom. The number of nitrogens with one attached hydrogen (secondary N) is 1. The van der Waals surface area contributed by atoms with Gasteiger partial charge in [-0.2, -0.15) is 33.7 Å². The molecule has 0 aromatic carbocycles. The third-order valence-corrected chi connectivity index (χ3v) is 4.50. The van der Waals surface area contributed by atoms with Gasteiger partial charge in [-0.25, -0.2) is 19.0 Å². The lowest BCUT2D eigenvalue weighted by atomic mass is 10.2. The first-order valence-corrected chi connectivity index (χ1v) is 9.26. The zero-order valence-electron chi connectivity index (χ0n) is 17.0. The van der Waals surface area contributed by atoms with E-state index in [0.29, 0.717) is 10.9 Å². The van der Waals surface area contributed by atoms with Gasteiger partial charge in [-0.15, -0.1) is 4.80 Å². The predicted octanol–water partition coefficient (Wildman–Crippen LogP) is 2.42. The smallest absolute Gasteiger partial charge is 0.381 e. The second-order valence-electron chi connectivity index (χ2n) is 6.79. The third kappa shape index (κ3) is 3.99. The Bertz CT molecular complexity index is 1440. The number of rotatable bonds is 4. The number of pyridine rings is 2. The third-order valence-electron chi connectivity index (χ3n) is 4.50. The van der Waals surface area contributed by atoms with E-state index in [4.69, 9.17) is 5.73 Å². The Morgan fingerprint density at radius 1 is 1.15 bits per heavy atom. The van der Waals surface area contributed by atoms with Gasteiger partial charge in [-0.3, -0.25) is 4.79 Å². The lowest BCUT2D eigenvalue weighted by Crippen LogP contribution is -2.22. The fourth-order valence-electron chi connectivity index (χ4n) is 3.04. The first-order chi connectivity index (χ1) is 16.1. The van der Waals surface area contributed by atoms with E-state index in [1.54, 1.807) is 0 Å². The molecule has 0 atom stereocenters. The molecule has 4 aromatic heterocycles. The molecule has 0 bridgehead atoms. The average Bonchev–Trinajstić information content (AvgIpc) is 3.46. The SMILES string of the molecule is Cc1cc(F)c(N)nc1-n1ncc(C(=O)Nc2cnc(-n3nccn3)c(C#N)c2)c1C(F)(F)F. The molecule has 11 nitrogen and oxygen atoms in total. The summed E-state index contributed by atoms with van der Waals surface area (Å²) >= 11 is 0. The summed E-state index contributed by atoms with van der Waals surface area (Å²) in [6.07, 6.45) is -0.493. The lowest BCUT2D eigenvalue weighted by Gasteiger charge is -2.14. The van der Waals surface area contributed by atoms with Crippen LogP contribution in [0.15, 0.2) is 36.9 Å². The minimum atomic E-state index is -5.04. The summed E-state index contributed by atoms with van der Waals surface area (Å²) in [7, 11) is 0. The molecule has 0 saturated carbocycles. The second-order valence-corrected chi connectivity index (χ2v) is 6.79. The quantitative estimate of drug-likeness (QED) is 0.430. The number of nitrogen functional groups attached to an aromatic ring is 1. The molecule has 4 rings (SSSR count). The molecule has 0 aliphatic rings.